The minimum atomic E-state index is 0.856. The number of rotatable bonds is 8. The van der Waals surface area contributed by atoms with Crippen molar-refractivity contribution in [3.8, 4) is 11.4 Å². The maximum Gasteiger partial charge on any atom is 0.111 e. The minimum absolute atomic E-state index is 0.856. The van der Waals surface area contributed by atoms with Gasteiger partial charge in [0.15, 0.2) is 0 Å². The number of aromatic nitrogens is 3. The van der Waals surface area contributed by atoms with Gasteiger partial charge in [-0.25, -0.2) is 0 Å². The molecule has 0 bridgehead atoms. The summed E-state index contributed by atoms with van der Waals surface area (Å²) in [6.45, 7) is 6.60. The lowest BCUT2D eigenvalue weighted by molar-refractivity contribution is 0.422. The Morgan fingerprint density at radius 2 is 2.00 bits per heavy atom. The second-order valence-electron chi connectivity index (χ2n) is 5.94. The lowest BCUT2D eigenvalue weighted by atomic mass is 9.92. The summed E-state index contributed by atoms with van der Waals surface area (Å²) in [5, 5.41) is 7.27. The van der Waals surface area contributed by atoms with Gasteiger partial charge in [-0.2, -0.15) is 5.10 Å². The van der Waals surface area contributed by atoms with Gasteiger partial charge in [0.1, 0.15) is 5.69 Å². The molecule has 2 heterocycles. The number of aromatic amines is 1. The van der Waals surface area contributed by atoms with Crippen LogP contribution in [0, 0.1) is 12.8 Å². The molecule has 0 saturated heterocycles. The zero-order valence-corrected chi connectivity index (χ0v) is 13.5. The molecule has 0 radical (unpaired) electrons. The van der Waals surface area contributed by atoms with Crippen molar-refractivity contribution in [1.29, 1.82) is 0 Å². The van der Waals surface area contributed by atoms with Crippen LogP contribution in [0.3, 0.4) is 0 Å². The van der Waals surface area contributed by atoms with E-state index < -0.39 is 0 Å². The zero-order valence-electron chi connectivity index (χ0n) is 13.5. The van der Waals surface area contributed by atoms with Crippen molar-refractivity contribution in [3.63, 3.8) is 0 Å². The van der Waals surface area contributed by atoms with Gasteiger partial charge < -0.3 is 0 Å². The molecule has 3 heteroatoms. The molecule has 2 aromatic rings. The fourth-order valence-electron chi connectivity index (χ4n) is 2.74. The van der Waals surface area contributed by atoms with Crippen molar-refractivity contribution >= 4 is 0 Å². The Labute approximate surface area is 128 Å². The van der Waals surface area contributed by atoms with Crippen LogP contribution in [-0.2, 0) is 6.42 Å². The third kappa shape index (κ3) is 4.69. The Balaban J connectivity index is 1.97. The van der Waals surface area contributed by atoms with E-state index >= 15 is 0 Å². The third-order valence-corrected chi connectivity index (χ3v) is 4.18. The van der Waals surface area contributed by atoms with Crippen LogP contribution >= 0.6 is 0 Å². The summed E-state index contributed by atoms with van der Waals surface area (Å²) < 4.78 is 0. The first-order valence-corrected chi connectivity index (χ1v) is 8.20. The maximum atomic E-state index is 4.44. The number of unbranched alkanes of at least 4 members (excludes halogenated alkanes) is 1. The van der Waals surface area contributed by atoms with Crippen molar-refractivity contribution in [2.75, 3.05) is 0 Å². The minimum Gasteiger partial charge on any atom is -0.282 e. The second-order valence-corrected chi connectivity index (χ2v) is 5.94. The second kappa shape index (κ2) is 7.96. The van der Waals surface area contributed by atoms with Gasteiger partial charge in [-0.05, 0) is 49.4 Å². The molecule has 1 atom stereocenters. The van der Waals surface area contributed by atoms with E-state index in [1.165, 1.54) is 37.7 Å². The maximum absolute atomic E-state index is 4.44. The van der Waals surface area contributed by atoms with Crippen molar-refractivity contribution in [2.45, 2.75) is 59.3 Å². The molecule has 1 N–H and O–H groups in total. The first-order chi connectivity index (χ1) is 10.2. The molecule has 0 aliphatic rings. The molecule has 114 valence electrons. The summed E-state index contributed by atoms with van der Waals surface area (Å²) in [6.07, 6.45) is 9.63. The number of hydrogen-bond acceptors (Lipinski definition) is 2. The van der Waals surface area contributed by atoms with Gasteiger partial charge in [-0.15, -0.1) is 0 Å². The fraction of sp³-hybridized carbons (Fsp3) is 0.556. The van der Waals surface area contributed by atoms with Gasteiger partial charge in [0.2, 0.25) is 0 Å². The summed E-state index contributed by atoms with van der Waals surface area (Å²) in [4.78, 5) is 4.44. The highest BCUT2D eigenvalue weighted by molar-refractivity contribution is 5.54. The highest BCUT2D eigenvalue weighted by atomic mass is 15.1. The van der Waals surface area contributed by atoms with E-state index in [-0.39, 0.29) is 0 Å². The van der Waals surface area contributed by atoms with Crippen LogP contribution in [-0.4, -0.2) is 15.2 Å². The molecular formula is C18H27N3. The Morgan fingerprint density at radius 3 is 2.67 bits per heavy atom. The van der Waals surface area contributed by atoms with Gasteiger partial charge in [0.05, 0.1) is 5.69 Å². The molecule has 0 aliphatic carbocycles. The van der Waals surface area contributed by atoms with E-state index in [2.05, 4.69) is 41.2 Å². The predicted octanol–water partition coefficient (Wildman–Crippen LogP) is 4.93. The molecule has 0 spiro atoms. The summed E-state index contributed by atoms with van der Waals surface area (Å²) in [5.74, 6) is 0.856. The average molecular weight is 285 g/mol. The van der Waals surface area contributed by atoms with Gasteiger partial charge >= 0.3 is 0 Å². The van der Waals surface area contributed by atoms with Crippen LogP contribution in [0.5, 0.6) is 0 Å². The normalized spacial score (nSPS) is 12.5. The van der Waals surface area contributed by atoms with Crippen molar-refractivity contribution in [3.05, 3.63) is 35.7 Å². The van der Waals surface area contributed by atoms with Crippen molar-refractivity contribution < 1.29 is 0 Å². The highest BCUT2D eigenvalue weighted by Gasteiger charge is 2.08. The van der Waals surface area contributed by atoms with Gasteiger partial charge in [0, 0.05) is 11.9 Å². The molecule has 0 amide bonds. The molecule has 2 rings (SSSR count). The SMILES string of the molecule is CCCCC(CC)CCc1ccnc(-c2cc(C)[nH]n2)c1. The summed E-state index contributed by atoms with van der Waals surface area (Å²) in [7, 11) is 0. The largest absolute Gasteiger partial charge is 0.282 e. The highest BCUT2D eigenvalue weighted by Crippen LogP contribution is 2.21. The van der Waals surface area contributed by atoms with Gasteiger partial charge in [-0.1, -0.05) is 39.5 Å². The number of nitrogens with one attached hydrogen (secondary N) is 1. The van der Waals surface area contributed by atoms with Crippen molar-refractivity contribution in [1.82, 2.24) is 15.2 Å². The van der Waals surface area contributed by atoms with Crippen LogP contribution in [0.1, 0.15) is 57.2 Å². The monoisotopic (exact) mass is 285 g/mol. The molecule has 3 nitrogen and oxygen atoms in total. The quantitative estimate of drug-likeness (QED) is 0.747. The lowest BCUT2D eigenvalue weighted by Gasteiger charge is -2.14. The summed E-state index contributed by atoms with van der Waals surface area (Å²) in [6, 6.07) is 6.36. The van der Waals surface area contributed by atoms with Crippen LogP contribution in [0.2, 0.25) is 0 Å². The summed E-state index contributed by atoms with van der Waals surface area (Å²) in [5.41, 5.74) is 4.35. The van der Waals surface area contributed by atoms with Gasteiger partial charge in [0.25, 0.3) is 0 Å². The fourth-order valence-corrected chi connectivity index (χ4v) is 2.74. The zero-order chi connectivity index (χ0) is 15.1. The Bertz CT molecular complexity index is 545. The number of nitrogens with zero attached hydrogens (tertiary/aromatic N) is 2. The van der Waals surface area contributed by atoms with Crippen LogP contribution in [0.4, 0.5) is 0 Å². The Morgan fingerprint density at radius 1 is 1.14 bits per heavy atom. The molecule has 2 aromatic heterocycles. The first-order valence-electron chi connectivity index (χ1n) is 8.20. The van der Waals surface area contributed by atoms with E-state index in [4.69, 9.17) is 0 Å². The Hall–Kier alpha value is -1.64. The molecule has 0 aliphatic heterocycles. The van der Waals surface area contributed by atoms with Crippen LogP contribution in [0.15, 0.2) is 24.4 Å². The Kier molecular flexibility index (Phi) is 5.97. The number of H-pyrrole nitrogens is 1. The third-order valence-electron chi connectivity index (χ3n) is 4.18. The molecule has 0 saturated carbocycles. The summed E-state index contributed by atoms with van der Waals surface area (Å²) >= 11 is 0. The number of pyridine rings is 1. The smallest absolute Gasteiger partial charge is 0.111 e. The van der Waals surface area contributed by atoms with Gasteiger partial charge in [-0.3, -0.25) is 10.1 Å². The van der Waals surface area contributed by atoms with E-state index in [0.29, 0.717) is 0 Å². The van der Waals surface area contributed by atoms with E-state index in [0.717, 1.165) is 29.4 Å². The van der Waals surface area contributed by atoms with Crippen LogP contribution < -0.4 is 0 Å². The predicted molar refractivity (Wildman–Crippen MR) is 88.2 cm³/mol. The molecule has 0 fully saturated rings. The van der Waals surface area contributed by atoms with Crippen LogP contribution in [0.25, 0.3) is 11.4 Å². The topological polar surface area (TPSA) is 41.6 Å². The number of hydrogen-bond donors (Lipinski definition) is 1. The van der Waals surface area contributed by atoms with E-state index in [1.54, 1.807) is 0 Å². The number of aryl methyl sites for hydroxylation is 2. The molecule has 0 aromatic carbocycles. The molecule has 21 heavy (non-hydrogen) atoms. The first kappa shape index (κ1) is 15.7. The lowest BCUT2D eigenvalue weighted by Crippen LogP contribution is -2.01. The van der Waals surface area contributed by atoms with E-state index in [1.807, 2.05) is 19.2 Å². The van der Waals surface area contributed by atoms with E-state index in [9.17, 15) is 0 Å². The molecule has 1 unspecified atom stereocenters. The standard InChI is InChI=1S/C18H27N3/c1-4-6-7-15(5-2)8-9-16-10-11-19-17(13-16)18-12-14(3)20-21-18/h10-13,15H,4-9H2,1-3H3,(H,20,21). The van der Waals surface area contributed by atoms with Crippen molar-refractivity contribution in [2.24, 2.45) is 5.92 Å². The average Bonchev–Trinajstić information content (AvgIpc) is 2.94. The molecular weight excluding hydrogens is 258 g/mol.